The van der Waals surface area contributed by atoms with Gasteiger partial charge in [0.15, 0.2) is 5.78 Å². The molecule has 3 nitrogen and oxygen atoms in total. The number of carbonyl (C=O) groups is 1. The van der Waals surface area contributed by atoms with Crippen LogP contribution in [0.3, 0.4) is 0 Å². The van der Waals surface area contributed by atoms with Gasteiger partial charge < -0.3 is 10.1 Å². The number of fused-ring (bicyclic) bond motifs is 1. The van der Waals surface area contributed by atoms with Crippen molar-refractivity contribution in [1.29, 1.82) is 0 Å². The van der Waals surface area contributed by atoms with Crippen LogP contribution in [0.15, 0.2) is 46.9 Å². The van der Waals surface area contributed by atoms with Crippen LogP contribution in [0, 0.1) is 0 Å². The van der Waals surface area contributed by atoms with E-state index in [1.165, 1.54) is 0 Å². The zero-order valence-electron chi connectivity index (χ0n) is 11.0. The standard InChI is InChI=1S/C16H14BrNO2/c1-20-12-5-2-10(3-6-12)14-9-16(19)13-7-4-11(17)8-15(13)18-14/h2-8,14,18H,9H2,1H3. The first-order chi connectivity index (χ1) is 9.67. The van der Waals surface area contributed by atoms with Crippen molar-refractivity contribution in [3.63, 3.8) is 0 Å². The number of ketones is 1. The van der Waals surface area contributed by atoms with E-state index in [4.69, 9.17) is 4.74 Å². The molecule has 3 rings (SSSR count). The lowest BCUT2D eigenvalue weighted by molar-refractivity contribution is 0.0972. The summed E-state index contributed by atoms with van der Waals surface area (Å²) in [4.78, 5) is 12.2. The minimum Gasteiger partial charge on any atom is -0.497 e. The Hall–Kier alpha value is -1.81. The van der Waals surface area contributed by atoms with Gasteiger partial charge in [0.25, 0.3) is 0 Å². The number of ether oxygens (including phenoxy) is 1. The van der Waals surface area contributed by atoms with Gasteiger partial charge in [0, 0.05) is 22.1 Å². The van der Waals surface area contributed by atoms with Crippen molar-refractivity contribution in [2.45, 2.75) is 12.5 Å². The third kappa shape index (κ3) is 2.43. The maximum absolute atomic E-state index is 12.2. The Morgan fingerprint density at radius 2 is 1.95 bits per heavy atom. The largest absolute Gasteiger partial charge is 0.497 e. The summed E-state index contributed by atoms with van der Waals surface area (Å²) in [6.07, 6.45) is 0.473. The lowest BCUT2D eigenvalue weighted by atomic mass is 9.92. The van der Waals surface area contributed by atoms with Gasteiger partial charge in [-0.15, -0.1) is 0 Å². The lowest BCUT2D eigenvalue weighted by Crippen LogP contribution is -2.22. The molecule has 1 N–H and O–H groups in total. The summed E-state index contributed by atoms with van der Waals surface area (Å²) in [5, 5.41) is 3.43. The van der Waals surface area contributed by atoms with E-state index in [1.54, 1.807) is 7.11 Å². The number of Topliss-reactive ketones (excluding diaryl/α,β-unsaturated/α-hetero) is 1. The monoisotopic (exact) mass is 331 g/mol. The van der Waals surface area contributed by atoms with Gasteiger partial charge >= 0.3 is 0 Å². The quantitative estimate of drug-likeness (QED) is 0.896. The van der Waals surface area contributed by atoms with Crippen molar-refractivity contribution in [2.24, 2.45) is 0 Å². The van der Waals surface area contributed by atoms with Gasteiger partial charge in [0.1, 0.15) is 5.75 Å². The van der Waals surface area contributed by atoms with Crippen LogP contribution in [-0.4, -0.2) is 12.9 Å². The van der Waals surface area contributed by atoms with Crippen molar-refractivity contribution in [1.82, 2.24) is 0 Å². The van der Waals surface area contributed by atoms with Crippen LogP contribution in [0.1, 0.15) is 28.4 Å². The second kappa shape index (κ2) is 5.29. The molecule has 1 atom stereocenters. The molecule has 2 aromatic carbocycles. The summed E-state index contributed by atoms with van der Waals surface area (Å²) in [7, 11) is 1.64. The minimum absolute atomic E-state index is 0.00945. The number of hydrogen-bond donors (Lipinski definition) is 1. The fraction of sp³-hybridized carbons (Fsp3) is 0.188. The number of halogens is 1. The number of benzene rings is 2. The number of anilines is 1. The third-order valence-electron chi connectivity index (χ3n) is 3.52. The Morgan fingerprint density at radius 3 is 2.65 bits per heavy atom. The van der Waals surface area contributed by atoms with Crippen molar-refractivity contribution in [3.05, 3.63) is 58.1 Å². The first-order valence-corrected chi connectivity index (χ1v) is 7.20. The van der Waals surface area contributed by atoms with Crippen molar-refractivity contribution in [3.8, 4) is 5.75 Å². The highest BCUT2D eigenvalue weighted by atomic mass is 79.9. The highest BCUT2D eigenvalue weighted by Crippen LogP contribution is 2.34. The molecular formula is C16H14BrNO2. The van der Waals surface area contributed by atoms with Gasteiger partial charge in [-0.05, 0) is 35.9 Å². The molecule has 1 aliphatic heterocycles. The van der Waals surface area contributed by atoms with Crippen LogP contribution in [0.4, 0.5) is 5.69 Å². The molecule has 0 aromatic heterocycles. The number of methoxy groups -OCH3 is 1. The fourth-order valence-electron chi connectivity index (χ4n) is 2.45. The second-order valence-corrected chi connectivity index (χ2v) is 5.70. The summed E-state index contributed by atoms with van der Waals surface area (Å²) in [5.74, 6) is 0.992. The van der Waals surface area contributed by atoms with Crippen LogP contribution in [0.2, 0.25) is 0 Å². The minimum atomic E-state index is 0.00945. The summed E-state index contributed by atoms with van der Waals surface area (Å²) in [5.41, 5.74) is 2.74. The maximum atomic E-state index is 12.2. The molecule has 0 saturated heterocycles. The smallest absolute Gasteiger partial charge is 0.167 e. The van der Waals surface area contributed by atoms with Gasteiger partial charge in [-0.1, -0.05) is 28.1 Å². The summed E-state index contributed by atoms with van der Waals surface area (Å²) >= 11 is 3.44. The molecule has 2 aromatic rings. The van der Waals surface area contributed by atoms with Gasteiger partial charge in [0.05, 0.1) is 13.2 Å². The van der Waals surface area contributed by atoms with Crippen LogP contribution < -0.4 is 10.1 Å². The molecule has 102 valence electrons. The molecule has 0 saturated carbocycles. The Kier molecular flexibility index (Phi) is 3.49. The van der Waals surface area contributed by atoms with Crippen LogP contribution in [0.5, 0.6) is 5.75 Å². The van der Waals surface area contributed by atoms with Crippen molar-refractivity contribution in [2.75, 3.05) is 12.4 Å². The molecule has 0 spiro atoms. The van der Waals surface area contributed by atoms with Crippen molar-refractivity contribution < 1.29 is 9.53 Å². The SMILES string of the molecule is COc1ccc(C2CC(=O)c3ccc(Br)cc3N2)cc1. The topological polar surface area (TPSA) is 38.3 Å². The number of nitrogens with one attached hydrogen (secondary N) is 1. The Morgan fingerprint density at radius 1 is 1.20 bits per heavy atom. The first-order valence-electron chi connectivity index (χ1n) is 6.40. The highest BCUT2D eigenvalue weighted by Gasteiger charge is 2.25. The van der Waals surface area contributed by atoms with Crippen LogP contribution in [0.25, 0.3) is 0 Å². The van der Waals surface area contributed by atoms with E-state index in [1.807, 2.05) is 42.5 Å². The molecular weight excluding hydrogens is 318 g/mol. The lowest BCUT2D eigenvalue weighted by Gasteiger charge is -2.26. The van der Waals surface area contributed by atoms with Gasteiger partial charge in [-0.3, -0.25) is 4.79 Å². The average Bonchev–Trinajstić information content (AvgIpc) is 2.46. The molecule has 20 heavy (non-hydrogen) atoms. The van der Waals surface area contributed by atoms with Gasteiger partial charge in [-0.2, -0.15) is 0 Å². The Balaban J connectivity index is 1.91. The molecule has 0 radical (unpaired) electrons. The number of hydrogen-bond acceptors (Lipinski definition) is 3. The number of carbonyl (C=O) groups excluding carboxylic acids is 1. The summed E-state index contributed by atoms with van der Waals surface area (Å²) < 4.78 is 6.12. The van der Waals surface area contributed by atoms with E-state index in [0.717, 1.165) is 27.0 Å². The molecule has 1 heterocycles. The average molecular weight is 332 g/mol. The third-order valence-corrected chi connectivity index (χ3v) is 4.01. The molecule has 0 amide bonds. The molecule has 1 unspecified atom stereocenters. The molecule has 0 aliphatic carbocycles. The van der Waals surface area contributed by atoms with Gasteiger partial charge in [-0.25, -0.2) is 0 Å². The van der Waals surface area contributed by atoms with Crippen LogP contribution in [-0.2, 0) is 0 Å². The Labute approximate surface area is 126 Å². The zero-order valence-corrected chi connectivity index (χ0v) is 12.6. The van der Waals surface area contributed by atoms with Gasteiger partial charge in [0.2, 0.25) is 0 Å². The van der Waals surface area contributed by atoms with E-state index in [-0.39, 0.29) is 11.8 Å². The second-order valence-electron chi connectivity index (χ2n) is 4.79. The van der Waals surface area contributed by atoms with E-state index in [0.29, 0.717) is 6.42 Å². The fourth-order valence-corrected chi connectivity index (χ4v) is 2.81. The first kappa shape index (κ1) is 13.2. The zero-order chi connectivity index (χ0) is 14.1. The molecule has 0 bridgehead atoms. The van der Waals surface area contributed by atoms with E-state index in [9.17, 15) is 4.79 Å². The van der Waals surface area contributed by atoms with E-state index in [2.05, 4.69) is 21.2 Å². The van der Waals surface area contributed by atoms with E-state index < -0.39 is 0 Å². The normalized spacial score (nSPS) is 17.3. The van der Waals surface area contributed by atoms with Crippen molar-refractivity contribution >= 4 is 27.4 Å². The molecule has 1 aliphatic rings. The van der Waals surface area contributed by atoms with Crippen LogP contribution >= 0.6 is 15.9 Å². The van der Waals surface area contributed by atoms with E-state index >= 15 is 0 Å². The highest BCUT2D eigenvalue weighted by molar-refractivity contribution is 9.10. The molecule has 0 fully saturated rings. The summed E-state index contributed by atoms with van der Waals surface area (Å²) in [6.45, 7) is 0. The summed E-state index contributed by atoms with van der Waals surface area (Å²) in [6, 6.07) is 13.5. The molecule has 4 heteroatoms. The number of rotatable bonds is 2. The predicted molar refractivity (Wildman–Crippen MR) is 82.4 cm³/mol. The maximum Gasteiger partial charge on any atom is 0.167 e. The Bertz CT molecular complexity index is 652. The predicted octanol–water partition coefficient (Wildman–Crippen LogP) is 4.20.